The van der Waals surface area contributed by atoms with Crippen LogP contribution < -0.4 is 4.90 Å². The van der Waals surface area contributed by atoms with Crippen LogP contribution in [-0.2, 0) is 6.54 Å². The molecule has 0 radical (unpaired) electrons. The molecule has 2 aliphatic rings. The third-order valence-electron chi connectivity index (χ3n) is 6.94. The van der Waals surface area contributed by atoms with E-state index in [0.717, 1.165) is 35.2 Å². The van der Waals surface area contributed by atoms with E-state index >= 15 is 0 Å². The number of fused-ring (bicyclic) bond motifs is 1. The van der Waals surface area contributed by atoms with Crippen LogP contribution in [0.2, 0.25) is 10.0 Å². The van der Waals surface area contributed by atoms with Crippen LogP contribution in [0.1, 0.15) is 43.2 Å². The Labute approximate surface area is 199 Å². The smallest absolute Gasteiger partial charge is 0.1000 e. The van der Waals surface area contributed by atoms with E-state index in [4.69, 9.17) is 23.2 Å². The fraction of sp³-hybridized carbons (Fsp3) is 0.440. The van der Waals surface area contributed by atoms with Gasteiger partial charge >= 0.3 is 0 Å². The van der Waals surface area contributed by atoms with Crippen molar-refractivity contribution in [3.63, 3.8) is 0 Å². The van der Waals surface area contributed by atoms with Gasteiger partial charge in [-0.25, -0.2) is 0 Å². The Hall–Kier alpha value is -2.26. The lowest BCUT2D eigenvalue weighted by molar-refractivity contribution is 0.141. The van der Waals surface area contributed by atoms with E-state index in [1.54, 1.807) is 12.3 Å². The molecular formula is C25H27Cl2N5. The Balaban J connectivity index is 1.39. The summed E-state index contributed by atoms with van der Waals surface area (Å²) < 4.78 is 1.93. The number of hydrogen-bond acceptors (Lipinski definition) is 4. The molecule has 5 nitrogen and oxygen atoms in total. The molecular weight excluding hydrogens is 441 g/mol. The standard InChI is InChI=1S/C25H27Cl2N5/c26-20-5-4-18(24(27)13-20)17-32-25-14-22(12-19(15-28)23(25)16-29-32)31-10-6-21(7-11-31)30-8-2-1-3-9-30/h4-5,12-14,16,21H,1-3,6-11,17H2. The summed E-state index contributed by atoms with van der Waals surface area (Å²) in [6.07, 6.45) is 8.19. The average molecular weight is 468 g/mol. The molecule has 32 heavy (non-hydrogen) atoms. The van der Waals surface area contributed by atoms with Crippen molar-refractivity contribution in [3.05, 3.63) is 57.7 Å². The highest BCUT2D eigenvalue weighted by Crippen LogP contribution is 2.31. The second kappa shape index (κ2) is 9.31. The van der Waals surface area contributed by atoms with E-state index < -0.39 is 0 Å². The van der Waals surface area contributed by atoms with Gasteiger partial charge in [-0.2, -0.15) is 10.4 Å². The zero-order chi connectivity index (χ0) is 22.1. The van der Waals surface area contributed by atoms with Crippen LogP contribution in [-0.4, -0.2) is 46.9 Å². The van der Waals surface area contributed by atoms with Gasteiger partial charge in [-0.3, -0.25) is 4.68 Å². The van der Waals surface area contributed by atoms with Crippen molar-refractivity contribution in [2.75, 3.05) is 31.1 Å². The van der Waals surface area contributed by atoms with E-state index in [0.29, 0.717) is 28.2 Å². The average Bonchev–Trinajstić information content (AvgIpc) is 3.23. The normalized spacial score (nSPS) is 18.2. The number of aromatic nitrogens is 2. The first-order valence-electron chi connectivity index (χ1n) is 11.4. The first kappa shape index (κ1) is 21.6. The molecule has 1 aromatic heterocycles. The third-order valence-corrected chi connectivity index (χ3v) is 7.53. The summed E-state index contributed by atoms with van der Waals surface area (Å²) in [4.78, 5) is 5.11. The summed E-state index contributed by atoms with van der Waals surface area (Å²) in [5, 5.41) is 16.5. The SMILES string of the molecule is N#Cc1cc(N2CCC(N3CCCCC3)CC2)cc2c1cnn2Cc1ccc(Cl)cc1Cl. The van der Waals surface area contributed by atoms with Gasteiger partial charge in [0.1, 0.15) is 0 Å². The molecule has 3 aromatic rings. The predicted octanol–water partition coefficient (Wildman–Crippen LogP) is 5.72. The zero-order valence-corrected chi connectivity index (χ0v) is 19.6. The molecule has 166 valence electrons. The Morgan fingerprint density at radius 1 is 1.00 bits per heavy atom. The van der Waals surface area contributed by atoms with Gasteiger partial charge < -0.3 is 9.80 Å². The lowest BCUT2D eigenvalue weighted by atomic mass is 9.99. The third kappa shape index (κ3) is 4.32. The Kier molecular flexibility index (Phi) is 6.28. The largest absolute Gasteiger partial charge is 0.371 e. The molecule has 0 saturated carbocycles. The van der Waals surface area contributed by atoms with Crippen LogP contribution >= 0.6 is 23.2 Å². The summed E-state index contributed by atoms with van der Waals surface area (Å²) in [5.41, 5.74) is 3.69. The number of nitrogens with zero attached hydrogens (tertiary/aromatic N) is 5. The molecule has 0 amide bonds. The maximum atomic E-state index is 9.80. The van der Waals surface area contributed by atoms with Gasteiger partial charge in [-0.05, 0) is 68.6 Å². The Morgan fingerprint density at radius 2 is 1.78 bits per heavy atom. The summed E-state index contributed by atoms with van der Waals surface area (Å²) >= 11 is 12.4. The molecule has 0 bridgehead atoms. The van der Waals surface area contributed by atoms with E-state index in [2.05, 4.69) is 27.0 Å². The highest BCUT2D eigenvalue weighted by Gasteiger charge is 2.26. The maximum Gasteiger partial charge on any atom is 0.1000 e. The molecule has 2 aromatic carbocycles. The number of anilines is 1. The van der Waals surface area contributed by atoms with Gasteiger partial charge in [-0.1, -0.05) is 35.7 Å². The minimum Gasteiger partial charge on any atom is -0.371 e. The monoisotopic (exact) mass is 467 g/mol. The molecule has 0 spiro atoms. The quantitative estimate of drug-likeness (QED) is 0.492. The molecule has 2 aliphatic heterocycles. The van der Waals surface area contributed by atoms with Crippen LogP contribution in [0.25, 0.3) is 10.9 Å². The number of benzene rings is 2. The highest BCUT2D eigenvalue weighted by molar-refractivity contribution is 6.35. The van der Waals surface area contributed by atoms with Crippen molar-refractivity contribution in [1.82, 2.24) is 14.7 Å². The maximum absolute atomic E-state index is 9.80. The number of likely N-dealkylation sites (tertiary alicyclic amines) is 1. The van der Waals surface area contributed by atoms with Crippen LogP contribution in [0.15, 0.2) is 36.5 Å². The van der Waals surface area contributed by atoms with Crippen molar-refractivity contribution in [2.45, 2.75) is 44.7 Å². The van der Waals surface area contributed by atoms with Gasteiger partial charge in [0.05, 0.1) is 29.9 Å². The van der Waals surface area contributed by atoms with Gasteiger partial charge in [0.2, 0.25) is 0 Å². The van der Waals surface area contributed by atoms with E-state index in [-0.39, 0.29) is 0 Å². The van der Waals surface area contributed by atoms with E-state index in [9.17, 15) is 5.26 Å². The lowest BCUT2D eigenvalue weighted by Gasteiger charge is -2.41. The minimum atomic E-state index is 0.533. The summed E-state index contributed by atoms with van der Waals surface area (Å²) in [5.74, 6) is 0. The second-order valence-electron chi connectivity index (χ2n) is 8.89. The molecule has 2 saturated heterocycles. The van der Waals surface area contributed by atoms with Crippen LogP contribution in [0.3, 0.4) is 0 Å². The number of rotatable bonds is 4. The van der Waals surface area contributed by atoms with Gasteiger partial charge in [0, 0.05) is 40.3 Å². The fourth-order valence-electron chi connectivity index (χ4n) is 5.15. The van der Waals surface area contributed by atoms with E-state index in [1.807, 2.05) is 22.9 Å². The number of hydrogen-bond donors (Lipinski definition) is 0. The molecule has 3 heterocycles. The van der Waals surface area contributed by atoms with Gasteiger partial charge in [-0.15, -0.1) is 0 Å². The zero-order valence-electron chi connectivity index (χ0n) is 18.1. The molecule has 0 N–H and O–H groups in total. The first-order valence-corrected chi connectivity index (χ1v) is 12.2. The number of halogens is 2. The van der Waals surface area contributed by atoms with Crippen LogP contribution in [0.5, 0.6) is 0 Å². The predicted molar refractivity (Wildman–Crippen MR) is 131 cm³/mol. The summed E-state index contributed by atoms with van der Waals surface area (Å²) in [7, 11) is 0. The highest BCUT2D eigenvalue weighted by atomic mass is 35.5. The minimum absolute atomic E-state index is 0.533. The fourth-order valence-corrected chi connectivity index (χ4v) is 5.62. The first-order chi connectivity index (χ1) is 15.6. The van der Waals surface area contributed by atoms with Crippen molar-refractivity contribution < 1.29 is 0 Å². The van der Waals surface area contributed by atoms with Crippen LogP contribution in [0.4, 0.5) is 5.69 Å². The van der Waals surface area contributed by atoms with Gasteiger partial charge in [0.15, 0.2) is 0 Å². The molecule has 2 fully saturated rings. The molecule has 5 rings (SSSR count). The van der Waals surface area contributed by atoms with Gasteiger partial charge in [0.25, 0.3) is 0 Å². The van der Waals surface area contributed by atoms with Crippen molar-refractivity contribution >= 4 is 39.8 Å². The van der Waals surface area contributed by atoms with Crippen molar-refractivity contribution in [2.24, 2.45) is 0 Å². The molecule has 0 aliphatic carbocycles. The Morgan fingerprint density at radius 3 is 2.50 bits per heavy atom. The Bertz CT molecular complexity index is 1150. The van der Waals surface area contributed by atoms with E-state index in [1.165, 1.54) is 45.2 Å². The van der Waals surface area contributed by atoms with Crippen molar-refractivity contribution in [1.29, 1.82) is 5.26 Å². The van der Waals surface area contributed by atoms with Crippen molar-refractivity contribution in [3.8, 4) is 6.07 Å². The molecule has 0 unspecified atom stereocenters. The summed E-state index contributed by atoms with van der Waals surface area (Å²) in [6, 6.07) is 12.8. The number of piperidine rings is 2. The lowest BCUT2D eigenvalue weighted by Crippen LogP contribution is -2.46. The second-order valence-corrected chi connectivity index (χ2v) is 9.73. The number of nitriles is 1. The summed E-state index contributed by atoms with van der Waals surface area (Å²) in [6.45, 7) is 5.08. The molecule has 7 heteroatoms. The van der Waals surface area contributed by atoms with Crippen LogP contribution in [0, 0.1) is 11.3 Å². The molecule has 0 atom stereocenters. The topological polar surface area (TPSA) is 48.1 Å².